The minimum Gasteiger partial charge on any atom is -0.327 e. The highest BCUT2D eigenvalue weighted by atomic mass is 35.5. The molecule has 0 saturated heterocycles. The van der Waals surface area contributed by atoms with Gasteiger partial charge in [-0.1, -0.05) is 37.8 Å². The Hall–Kier alpha value is -0.600. The molecule has 0 bridgehead atoms. The first kappa shape index (κ1) is 12.5. The molecule has 84 valence electrons. The fourth-order valence-electron chi connectivity index (χ4n) is 1.61. The Kier molecular flexibility index (Phi) is 5.66. The highest BCUT2D eigenvalue weighted by Gasteiger charge is 2.06. The van der Waals surface area contributed by atoms with E-state index in [9.17, 15) is 0 Å². The quantitative estimate of drug-likeness (QED) is 0.757. The van der Waals surface area contributed by atoms with Crippen molar-refractivity contribution in [2.24, 2.45) is 5.73 Å². The molecule has 1 unspecified atom stereocenters. The fraction of sp³-hybridized carbons (Fsp3) is 0.583. The first-order valence-corrected chi connectivity index (χ1v) is 5.95. The van der Waals surface area contributed by atoms with E-state index in [4.69, 9.17) is 17.3 Å². The molecule has 1 heterocycles. The van der Waals surface area contributed by atoms with Gasteiger partial charge in [0, 0.05) is 18.4 Å². The number of rotatable bonds is 6. The number of hydrogen-bond donors (Lipinski definition) is 1. The zero-order valence-corrected chi connectivity index (χ0v) is 10.0. The molecule has 15 heavy (non-hydrogen) atoms. The Morgan fingerprint density at radius 1 is 1.47 bits per heavy atom. The fourth-order valence-corrected chi connectivity index (χ4v) is 1.81. The summed E-state index contributed by atoms with van der Waals surface area (Å²) in [7, 11) is 0. The van der Waals surface area contributed by atoms with Gasteiger partial charge >= 0.3 is 0 Å². The maximum atomic E-state index is 6.04. The lowest BCUT2D eigenvalue weighted by atomic mass is 10.0. The number of halogens is 1. The minimum atomic E-state index is 0.219. The number of nitrogens with zero attached hydrogens (tertiary/aromatic N) is 1. The molecule has 0 amide bonds. The van der Waals surface area contributed by atoms with Gasteiger partial charge in [-0.15, -0.1) is 0 Å². The Morgan fingerprint density at radius 3 is 2.93 bits per heavy atom. The van der Waals surface area contributed by atoms with Crippen LogP contribution >= 0.6 is 11.6 Å². The van der Waals surface area contributed by atoms with Crippen LogP contribution < -0.4 is 5.73 Å². The number of nitrogens with two attached hydrogens (primary N) is 1. The van der Waals surface area contributed by atoms with Gasteiger partial charge in [0.1, 0.15) is 0 Å². The van der Waals surface area contributed by atoms with Crippen molar-refractivity contribution in [2.45, 2.75) is 45.1 Å². The Labute approximate surface area is 96.8 Å². The second-order valence-electron chi connectivity index (χ2n) is 3.93. The maximum absolute atomic E-state index is 6.04. The third-order valence-electron chi connectivity index (χ3n) is 2.52. The summed E-state index contributed by atoms with van der Waals surface area (Å²) >= 11 is 6.01. The lowest BCUT2D eigenvalue weighted by Crippen LogP contribution is -2.22. The zero-order valence-electron chi connectivity index (χ0n) is 9.25. The normalized spacial score (nSPS) is 12.7. The van der Waals surface area contributed by atoms with Crippen molar-refractivity contribution in [1.82, 2.24) is 4.98 Å². The van der Waals surface area contributed by atoms with Crippen molar-refractivity contribution < 1.29 is 0 Å². The van der Waals surface area contributed by atoms with Crippen LogP contribution in [-0.2, 0) is 6.42 Å². The van der Waals surface area contributed by atoms with Gasteiger partial charge in [-0.3, -0.25) is 4.98 Å². The highest BCUT2D eigenvalue weighted by molar-refractivity contribution is 6.31. The molecule has 0 radical (unpaired) electrons. The maximum Gasteiger partial charge on any atom is 0.0621 e. The van der Waals surface area contributed by atoms with Crippen LogP contribution in [0.4, 0.5) is 0 Å². The van der Waals surface area contributed by atoms with E-state index >= 15 is 0 Å². The van der Waals surface area contributed by atoms with E-state index in [2.05, 4.69) is 11.9 Å². The molecule has 0 aliphatic rings. The van der Waals surface area contributed by atoms with Crippen molar-refractivity contribution in [3.63, 3.8) is 0 Å². The standard InChI is InChI=1S/C12H19ClN2/c1-2-3-4-5-11(14)8-10-6-7-15-9-12(10)13/h6-7,9,11H,2-5,8,14H2,1H3. The lowest BCUT2D eigenvalue weighted by Gasteiger charge is -2.11. The summed E-state index contributed by atoms with van der Waals surface area (Å²) in [4.78, 5) is 3.95. The van der Waals surface area contributed by atoms with E-state index in [0.29, 0.717) is 0 Å². The van der Waals surface area contributed by atoms with Crippen LogP contribution in [0.3, 0.4) is 0 Å². The number of aromatic nitrogens is 1. The lowest BCUT2D eigenvalue weighted by molar-refractivity contribution is 0.557. The first-order valence-electron chi connectivity index (χ1n) is 5.58. The molecule has 1 aromatic heterocycles. The Bertz CT molecular complexity index is 289. The summed E-state index contributed by atoms with van der Waals surface area (Å²) in [6.45, 7) is 2.20. The van der Waals surface area contributed by atoms with E-state index in [1.54, 1.807) is 12.4 Å². The van der Waals surface area contributed by atoms with Crippen LogP contribution in [-0.4, -0.2) is 11.0 Å². The van der Waals surface area contributed by atoms with Gasteiger partial charge in [0.15, 0.2) is 0 Å². The van der Waals surface area contributed by atoms with Crippen molar-refractivity contribution in [3.8, 4) is 0 Å². The molecule has 0 aliphatic heterocycles. The SMILES string of the molecule is CCCCCC(N)Cc1ccncc1Cl. The molecule has 2 N–H and O–H groups in total. The molecule has 1 atom stereocenters. The van der Waals surface area contributed by atoms with E-state index in [1.807, 2.05) is 6.07 Å². The van der Waals surface area contributed by atoms with Gasteiger partial charge in [-0.25, -0.2) is 0 Å². The molecule has 0 spiro atoms. The van der Waals surface area contributed by atoms with Crippen LogP contribution in [0.15, 0.2) is 18.5 Å². The Morgan fingerprint density at radius 2 is 2.27 bits per heavy atom. The van der Waals surface area contributed by atoms with Crippen LogP contribution in [0, 0.1) is 0 Å². The zero-order chi connectivity index (χ0) is 11.1. The summed E-state index contributed by atoms with van der Waals surface area (Å²) < 4.78 is 0. The largest absolute Gasteiger partial charge is 0.327 e. The highest BCUT2D eigenvalue weighted by Crippen LogP contribution is 2.16. The van der Waals surface area contributed by atoms with E-state index < -0.39 is 0 Å². The smallest absolute Gasteiger partial charge is 0.0621 e. The summed E-state index contributed by atoms with van der Waals surface area (Å²) in [6.07, 6.45) is 9.08. The summed E-state index contributed by atoms with van der Waals surface area (Å²) in [5.74, 6) is 0. The molecule has 1 aromatic rings. The van der Waals surface area contributed by atoms with Crippen molar-refractivity contribution in [1.29, 1.82) is 0 Å². The van der Waals surface area contributed by atoms with Crippen LogP contribution in [0.2, 0.25) is 5.02 Å². The van der Waals surface area contributed by atoms with Crippen molar-refractivity contribution in [3.05, 3.63) is 29.0 Å². The molecule has 0 saturated carbocycles. The van der Waals surface area contributed by atoms with Crippen LogP contribution in [0.5, 0.6) is 0 Å². The van der Waals surface area contributed by atoms with E-state index in [-0.39, 0.29) is 6.04 Å². The van der Waals surface area contributed by atoms with Gasteiger partial charge in [0.25, 0.3) is 0 Å². The van der Waals surface area contributed by atoms with Crippen LogP contribution in [0.1, 0.15) is 38.2 Å². The van der Waals surface area contributed by atoms with Crippen molar-refractivity contribution in [2.75, 3.05) is 0 Å². The molecular formula is C12H19ClN2. The van der Waals surface area contributed by atoms with Gasteiger partial charge in [-0.2, -0.15) is 0 Å². The third-order valence-corrected chi connectivity index (χ3v) is 2.86. The molecule has 1 rings (SSSR count). The predicted molar refractivity (Wildman–Crippen MR) is 65.1 cm³/mol. The molecule has 2 nitrogen and oxygen atoms in total. The molecule has 0 aliphatic carbocycles. The Balaban J connectivity index is 2.37. The summed E-state index contributed by atoms with van der Waals surface area (Å²) in [6, 6.07) is 2.17. The number of hydrogen-bond acceptors (Lipinski definition) is 2. The minimum absolute atomic E-state index is 0.219. The number of pyridine rings is 1. The molecular weight excluding hydrogens is 208 g/mol. The predicted octanol–water partition coefficient (Wildman–Crippen LogP) is 3.19. The van der Waals surface area contributed by atoms with Crippen LogP contribution in [0.25, 0.3) is 0 Å². The summed E-state index contributed by atoms with van der Waals surface area (Å²) in [5, 5.41) is 0.725. The second kappa shape index (κ2) is 6.81. The van der Waals surface area contributed by atoms with Gasteiger partial charge < -0.3 is 5.73 Å². The summed E-state index contributed by atoms with van der Waals surface area (Å²) in [5.41, 5.74) is 7.14. The molecule has 3 heteroatoms. The van der Waals surface area contributed by atoms with Gasteiger partial charge in [-0.05, 0) is 24.5 Å². The monoisotopic (exact) mass is 226 g/mol. The second-order valence-corrected chi connectivity index (χ2v) is 4.33. The van der Waals surface area contributed by atoms with Gasteiger partial charge in [0.2, 0.25) is 0 Å². The van der Waals surface area contributed by atoms with Gasteiger partial charge in [0.05, 0.1) is 5.02 Å². The topological polar surface area (TPSA) is 38.9 Å². The average Bonchev–Trinajstić information content (AvgIpc) is 2.22. The average molecular weight is 227 g/mol. The van der Waals surface area contributed by atoms with E-state index in [1.165, 1.54) is 19.3 Å². The number of unbranched alkanes of at least 4 members (excludes halogenated alkanes) is 2. The molecule has 0 aromatic carbocycles. The molecule has 0 fully saturated rings. The third kappa shape index (κ3) is 4.63. The van der Waals surface area contributed by atoms with Crippen molar-refractivity contribution >= 4 is 11.6 Å². The first-order chi connectivity index (χ1) is 7.24. The van der Waals surface area contributed by atoms with E-state index in [0.717, 1.165) is 23.4 Å².